The zero-order valence-corrected chi connectivity index (χ0v) is 23.8. The number of ether oxygens (including phenoxy) is 1. The molecule has 0 radical (unpaired) electrons. The van der Waals surface area contributed by atoms with Gasteiger partial charge in [0.1, 0.15) is 5.75 Å². The average Bonchev–Trinajstić information content (AvgIpc) is 2.97. The lowest BCUT2D eigenvalue weighted by molar-refractivity contribution is -0.121. The van der Waals surface area contributed by atoms with E-state index in [1.165, 1.54) is 0 Å². The summed E-state index contributed by atoms with van der Waals surface area (Å²) in [4.78, 5) is 26.3. The number of hydrogen-bond acceptors (Lipinski definition) is 4. The molecule has 0 aliphatic heterocycles. The highest BCUT2D eigenvalue weighted by atomic mass is 32.2. The zero-order valence-electron chi connectivity index (χ0n) is 23.0. The van der Waals surface area contributed by atoms with Crippen LogP contribution in [0.5, 0.6) is 5.75 Å². The Balaban J connectivity index is 1.32. The fourth-order valence-electron chi connectivity index (χ4n) is 4.63. The lowest BCUT2D eigenvalue weighted by atomic mass is 9.91. The monoisotopic (exact) mass is 556 g/mol. The van der Waals surface area contributed by atoms with E-state index in [4.69, 9.17) is 4.74 Å². The minimum atomic E-state index is -1.63. The number of fused-ring (bicyclic) bond motifs is 1. The second-order valence-corrected chi connectivity index (χ2v) is 11.1. The van der Waals surface area contributed by atoms with Crippen LogP contribution in [0.25, 0.3) is 10.8 Å². The van der Waals surface area contributed by atoms with Crippen molar-refractivity contribution in [3.05, 3.63) is 108 Å². The Morgan fingerprint density at radius 1 is 0.850 bits per heavy atom. The molecule has 4 aromatic rings. The summed E-state index contributed by atoms with van der Waals surface area (Å²) in [5.41, 5.74) is 2.91. The summed E-state index contributed by atoms with van der Waals surface area (Å²) in [6, 6.07) is 28.9. The van der Waals surface area contributed by atoms with Gasteiger partial charge in [0.2, 0.25) is 11.8 Å². The van der Waals surface area contributed by atoms with Crippen molar-refractivity contribution < 1.29 is 18.5 Å². The molecule has 0 aliphatic carbocycles. The predicted octanol–water partition coefficient (Wildman–Crippen LogP) is 6.00. The Labute approximate surface area is 238 Å². The van der Waals surface area contributed by atoms with Gasteiger partial charge < -0.3 is 10.1 Å². The first-order valence-electron chi connectivity index (χ1n) is 13.6. The molecule has 2 unspecified atom stereocenters. The smallest absolute Gasteiger partial charge is 0.239 e. The van der Waals surface area contributed by atoms with Gasteiger partial charge in [0.15, 0.2) is 11.0 Å². The molecule has 4 aromatic carbocycles. The molecule has 0 heterocycles. The van der Waals surface area contributed by atoms with Crippen molar-refractivity contribution in [2.24, 2.45) is 0 Å². The van der Waals surface area contributed by atoms with Gasteiger partial charge in [0.25, 0.3) is 0 Å². The third kappa shape index (κ3) is 8.26. The number of nitrogens with one attached hydrogen (secondary N) is 2. The highest BCUT2D eigenvalue weighted by molar-refractivity contribution is 7.83. The first-order chi connectivity index (χ1) is 19.4. The molecule has 2 amide bonds. The molecule has 0 spiro atoms. The van der Waals surface area contributed by atoms with Gasteiger partial charge in [-0.25, -0.2) is 4.21 Å². The molecule has 0 saturated carbocycles. The number of rotatable bonds is 13. The number of carbonyl (C=O) groups is 2. The molecule has 0 aromatic heterocycles. The first-order valence-corrected chi connectivity index (χ1v) is 14.7. The van der Waals surface area contributed by atoms with Crippen LogP contribution in [0.3, 0.4) is 0 Å². The largest absolute Gasteiger partial charge is 0.497 e. The second-order valence-electron chi connectivity index (χ2n) is 9.93. The minimum absolute atomic E-state index is 0.0165. The predicted molar refractivity (Wildman–Crippen MR) is 161 cm³/mol. The molecular formula is C33H36N2O4S. The number of benzene rings is 4. The molecule has 0 fully saturated rings. The maximum atomic E-state index is 13.4. The number of aryl methyl sites for hydroxylation is 1. The third-order valence-electron chi connectivity index (χ3n) is 6.94. The van der Waals surface area contributed by atoms with Gasteiger partial charge in [-0.05, 0) is 65.9 Å². The Kier molecular flexibility index (Phi) is 10.5. The summed E-state index contributed by atoms with van der Waals surface area (Å²) in [5.74, 6) is 0.0732. The van der Waals surface area contributed by atoms with E-state index in [9.17, 15) is 13.8 Å². The van der Waals surface area contributed by atoms with Crippen LogP contribution in [0, 0.1) is 6.92 Å². The summed E-state index contributed by atoms with van der Waals surface area (Å²) in [5, 5.41) is 5.16. The first kappa shape index (κ1) is 29.0. The normalized spacial score (nSPS) is 12.4. The summed E-state index contributed by atoms with van der Waals surface area (Å²) in [7, 11) is -0.0164. The van der Waals surface area contributed by atoms with E-state index >= 15 is 0 Å². The molecule has 2 N–H and O–H groups in total. The molecule has 7 heteroatoms. The van der Waals surface area contributed by atoms with E-state index in [1.54, 1.807) is 19.2 Å². The van der Waals surface area contributed by atoms with Crippen molar-refractivity contribution >= 4 is 33.6 Å². The van der Waals surface area contributed by atoms with Gasteiger partial charge in [-0.3, -0.25) is 14.3 Å². The molecule has 2 atom stereocenters. The van der Waals surface area contributed by atoms with Crippen molar-refractivity contribution in [3.63, 3.8) is 0 Å². The van der Waals surface area contributed by atoms with E-state index in [1.807, 2.05) is 85.8 Å². The van der Waals surface area contributed by atoms with Gasteiger partial charge in [0, 0.05) is 6.54 Å². The minimum Gasteiger partial charge on any atom is -0.497 e. The van der Waals surface area contributed by atoms with Crippen molar-refractivity contribution in [1.29, 1.82) is 0 Å². The van der Waals surface area contributed by atoms with Crippen LogP contribution in [0.4, 0.5) is 0 Å². The van der Waals surface area contributed by atoms with E-state index in [0.717, 1.165) is 52.5 Å². The van der Waals surface area contributed by atoms with Crippen molar-refractivity contribution in [2.75, 3.05) is 13.7 Å². The van der Waals surface area contributed by atoms with E-state index in [2.05, 4.69) is 10.0 Å². The summed E-state index contributed by atoms with van der Waals surface area (Å²) >= 11 is 0. The van der Waals surface area contributed by atoms with Crippen LogP contribution in [0.15, 0.2) is 95.9 Å². The Bertz CT molecular complexity index is 1450. The third-order valence-corrected chi connectivity index (χ3v) is 8.02. The number of amides is 2. The highest BCUT2D eigenvalue weighted by Gasteiger charge is 2.23. The van der Waals surface area contributed by atoms with Crippen molar-refractivity contribution in [2.45, 2.75) is 49.8 Å². The van der Waals surface area contributed by atoms with Crippen LogP contribution in [0.1, 0.15) is 48.3 Å². The van der Waals surface area contributed by atoms with Gasteiger partial charge in [-0.1, -0.05) is 85.1 Å². The van der Waals surface area contributed by atoms with Gasteiger partial charge in [-0.2, -0.15) is 0 Å². The average molecular weight is 557 g/mol. The highest BCUT2D eigenvalue weighted by Crippen LogP contribution is 2.27. The Morgan fingerprint density at radius 3 is 2.30 bits per heavy atom. The van der Waals surface area contributed by atoms with Crippen molar-refractivity contribution in [3.8, 4) is 5.75 Å². The summed E-state index contributed by atoms with van der Waals surface area (Å²) in [6.07, 6.45) is 3.43. The van der Waals surface area contributed by atoms with E-state index < -0.39 is 16.9 Å². The number of unbranched alkanes of at least 4 members (excludes halogenated alkanes) is 2. The molecule has 0 saturated heterocycles. The SMILES string of the molecule is COc1ccc(CC(=O)NCCCCCC(C(=O)NS(=O)c2ccc(C)cc2)c2ccc3ccccc3c2)cc1. The molecule has 6 nitrogen and oxygen atoms in total. The molecule has 0 bridgehead atoms. The van der Waals surface area contributed by atoms with E-state index in [-0.39, 0.29) is 11.8 Å². The maximum Gasteiger partial charge on any atom is 0.239 e. The molecular weight excluding hydrogens is 520 g/mol. The lowest BCUT2D eigenvalue weighted by Crippen LogP contribution is -2.31. The standard InChI is InChI=1S/C33H36N2O4S/c1-24-11-19-30(20-12-24)40(38)35-33(37)31(28-16-15-26-8-5-6-9-27(26)23-28)10-4-3-7-21-34-32(36)22-25-13-17-29(39-2)18-14-25/h5-6,8-9,11-20,23,31H,3-4,7,10,21-22H2,1-2H3,(H,34,36)(H,35,37). The topological polar surface area (TPSA) is 84.5 Å². The van der Waals surface area contributed by atoms with Crippen LogP contribution in [-0.2, 0) is 27.0 Å². The molecule has 40 heavy (non-hydrogen) atoms. The Hall–Kier alpha value is -3.97. The molecule has 0 aliphatic rings. The van der Waals surface area contributed by atoms with Gasteiger partial charge >= 0.3 is 0 Å². The fraction of sp³-hybridized carbons (Fsp3) is 0.273. The number of methoxy groups -OCH3 is 1. The van der Waals surface area contributed by atoms with Crippen LogP contribution in [-0.4, -0.2) is 29.7 Å². The van der Waals surface area contributed by atoms with Gasteiger partial charge in [0.05, 0.1) is 24.3 Å². The lowest BCUT2D eigenvalue weighted by Gasteiger charge is -2.18. The van der Waals surface area contributed by atoms with Crippen LogP contribution in [0.2, 0.25) is 0 Å². The Morgan fingerprint density at radius 2 is 1.57 bits per heavy atom. The quantitative estimate of drug-likeness (QED) is 0.198. The molecule has 4 rings (SSSR count). The summed E-state index contributed by atoms with van der Waals surface area (Å²) in [6.45, 7) is 2.55. The number of hydrogen-bond donors (Lipinski definition) is 2. The van der Waals surface area contributed by atoms with Gasteiger partial charge in [-0.15, -0.1) is 0 Å². The van der Waals surface area contributed by atoms with Crippen molar-refractivity contribution in [1.82, 2.24) is 10.0 Å². The number of carbonyl (C=O) groups excluding carboxylic acids is 2. The zero-order chi connectivity index (χ0) is 28.3. The van der Waals surface area contributed by atoms with Crippen LogP contribution >= 0.6 is 0 Å². The second kappa shape index (κ2) is 14.4. The molecule has 208 valence electrons. The summed E-state index contributed by atoms with van der Waals surface area (Å²) < 4.78 is 20.8. The van der Waals surface area contributed by atoms with E-state index in [0.29, 0.717) is 24.3 Å². The maximum absolute atomic E-state index is 13.4. The van der Waals surface area contributed by atoms with Crippen LogP contribution < -0.4 is 14.8 Å². The fourth-order valence-corrected chi connectivity index (χ4v) is 5.45.